The fourth-order valence-electron chi connectivity index (χ4n) is 4.75. The van der Waals surface area contributed by atoms with Crippen molar-refractivity contribution in [2.75, 3.05) is 51.0 Å². The van der Waals surface area contributed by atoms with Crippen molar-refractivity contribution < 1.29 is 23.6 Å². The molecule has 1 fully saturated rings. The molecule has 4 rings (SSSR count). The molecule has 10 heteroatoms. The number of carbonyl (C=O) groups excluding carboxylic acids is 2. The zero-order valence-corrected chi connectivity index (χ0v) is 22.7. The van der Waals surface area contributed by atoms with Crippen molar-refractivity contribution in [3.05, 3.63) is 35.2 Å². The van der Waals surface area contributed by atoms with Crippen molar-refractivity contribution in [3.63, 3.8) is 0 Å². The maximum Gasteiger partial charge on any atom is 0.323 e. The molecule has 202 valence electrons. The van der Waals surface area contributed by atoms with Gasteiger partial charge in [0.1, 0.15) is 23.7 Å². The third-order valence-electron chi connectivity index (χ3n) is 7.30. The third-order valence-corrected chi connectivity index (χ3v) is 7.30. The lowest BCUT2D eigenvalue weighted by Crippen LogP contribution is -2.47. The Morgan fingerprint density at radius 2 is 1.95 bits per heavy atom. The summed E-state index contributed by atoms with van der Waals surface area (Å²) in [5.74, 6) is 1.80. The van der Waals surface area contributed by atoms with Gasteiger partial charge in [-0.25, -0.2) is 4.79 Å². The Bertz CT molecular complexity index is 1100. The number of nitrogens with one attached hydrogen (secondary N) is 2. The zero-order chi connectivity index (χ0) is 26.7. The third kappa shape index (κ3) is 6.61. The lowest BCUT2D eigenvalue weighted by atomic mass is 10.0. The zero-order valence-electron chi connectivity index (χ0n) is 22.7. The minimum atomic E-state index is -0.438. The van der Waals surface area contributed by atoms with Gasteiger partial charge in [-0.3, -0.25) is 9.69 Å². The van der Waals surface area contributed by atoms with E-state index in [-0.39, 0.29) is 24.0 Å². The van der Waals surface area contributed by atoms with E-state index in [1.807, 2.05) is 0 Å². The van der Waals surface area contributed by atoms with E-state index in [0.717, 1.165) is 19.0 Å². The molecule has 1 aromatic carbocycles. The first-order valence-electron chi connectivity index (χ1n) is 13.0. The summed E-state index contributed by atoms with van der Waals surface area (Å²) in [6.45, 7) is 10.6. The number of amides is 3. The Morgan fingerprint density at radius 1 is 1.19 bits per heavy atom. The van der Waals surface area contributed by atoms with Gasteiger partial charge < -0.3 is 29.5 Å². The topological polar surface area (TPSA) is 109 Å². The van der Waals surface area contributed by atoms with E-state index >= 15 is 0 Å². The highest BCUT2D eigenvalue weighted by molar-refractivity contribution is 6.02. The van der Waals surface area contributed by atoms with Gasteiger partial charge in [0.2, 0.25) is 0 Å². The normalized spacial score (nSPS) is 23.5. The van der Waals surface area contributed by atoms with Crippen LogP contribution in [0, 0.1) is 25.7 Å². The Labute approximate surface area is 218 Å². The summed E-state index contributed by atoms with van der Waals surface area (Å²) in [5, 5.41) is 9.44. The number of urea groups is 1. The highest BCUT2D eigenvalue weighted by Gasteiger charge is 2.31. The minimum Gasteiger partial charge on any atom is -0.491 e. The van der Waals surface area contributed by atoms with E-state index in [4.69, 9.17) is 14.0 Å². The summed E-state index contributed by atoms with van der Waals surface area (Å²) in [6, 6.07) is 4.82. The van der Waals surface area contributed by atoms with E-state index in [0.29, 0.717) is 47.3 Å². The van der Waals surface area contributed by atoms with Gasteiger partial charge in [0, 0.05) is 51.6 Å². The molecule has 0 unspecified atom stereocenters. The van der Waals surface area contributed by atoms with Gasteiger partial charge >= 0.3 is 6.03 Å². The van der Waals surface area contributed by atoms with Crippen LogP contribution in [0.1, 0.15) is 48.5 Å². The number of methoxy groups -OCH3 is 1. The van der Waals surface area contributed by atoms with Crippen LogP contribution in [0.15, 0.2) is 22.7 Å². The van der Waals surface area contributed by atoms with Crippen LogP contribution < -0.4 is 15.4 Å². The molecule has 3 amide bonds. The van der Waals surface area contributed by atoms with Crippen molar-refractivity contribution in [2.24, 2.45) is 11.8 Å². The molecular formula is C27H39N5O5. The monoisotopic (exact) mass is 513 g/mol. The molecule has 1 aliphatic carbocycles. The molecule has 37 heavy (non-hydrogen) atoms. The maximum atomic E-state index is 13.4. The van der Waals surface area contributed by atoms with Crippen molar-refractivity contribution in [3.8, 4) is 5.75 Å². The molecule has 3 atom stereocenters. The number of benzene rings is 1. The molecule has 2 N–H and O–H groups in total. The van der Waals surface area contributed by atoms with Gasteiger partial charge in [-0.05, 0) is 57.6 Å². The molecule has 0 saturated heterocycles. The van der Waals surface area contributed by atoms with E-state index in [1.165, 1.54) is 12.8 Å². The largest absolute Gasteiger partial charge is 0.491 e. The summed E-state index contributed by atoms with van der Waals surface area (Å²) in [7, 11) is 3.49. The number of fused-ring (bicyclic) bond motifs is 1. The number of hydrogen-bond acceptors (Lipinski definition) is 7. The van der Waals surface area contributed by atoms with Crippen LogP contribution in [0.5, 0.6) is 5.75 Å². The maximum absolute atomic E-state index is 13.4. The SMILES string of the molecule is CO[C@H]1CN(C)C(=O)c2ccc(NC(=O)Nc3c(C)noc3C)cc2OC[C@H](C)N(CC2CC2)C[C@H]1C. The van der Waals surface area contributed by atoms with Crippen molar-refractivity contribution in [2.45, 2.75) is 52.7 Å². The Balaban J connectivity index is 1.57. The summed E-state index contributed by atoms with van der Waals surface area (Å²) in [4.78, 5) is 30.2. The molecule has 10 nitrogen and oxygen atoms in total. The number of likely N-dealkylation sites (N-methyl/N-ethyl adjacent to an activating group) is 1. The van der Waals surface area contributed by atoms with Gasteiger partial charge in [-0.1, -0.05) is 12.1 Å². The van der Waals surface area contributed by atoms with Crippen LogP contribution in [-0.2, 0) is 4.74 Å². The molecule has 2 aliphatic rings. The highest BCUT2D eigenvalue weighted by Crippen LogP contribution is 2.32. The summed E-state index contributed by atoms with van der Waals surface area (Å²) >= 11 is 0. The fraction of sp³-hybridized carbons (Fsp3) is 0.593. The number of anilines is 2. The van der Waals surface area contributed by atoms with Crippen molar-refractivity contribution >= 4 is 23.3 Å². The second-order valence-corrected chi connectivity index (χ2v) is 10.5. The van der Waals surface area contributed by atoms with Gasteiger partial charge in [0.05, 0.1) is 11.7 Å². The predicted octanol–water partition coefficient (Wildman–Crippen LogP) is 4.15. The number of rotatable bonds is 5. The summed E-state index contributed by atoms with van der Waals surface area (Å²) < 4.78 is 17.2. The average Bonchev–Trinajstić information content (AvgIpc) is 3.64. The van der Waals surface area contributed by atoms with Gasteiger partial charge in [-0.15, -0.1) is 0 Å². The summed E-state index contributed by atoms with van der Waals surface area (Å²) in [5.41, 5.74) is 2.08. The van der Waals surface area contributed by atoms with Crippen LogP contribution in [0.4, 0.5) is 16.2 Å². The van der Waals surface area contributed by atoms with Crippen molar-refractivity contribution in [1.29, 1.82) is 0 Å². The Hall–Kier alpha value is -3.11. The molecule has 2 heterocycles. The van der Waals surface area contributed by atoms with Crippen LogP contribution in [0.25, 0.3) is 0 Å². The van der Waals surface area contributed by atoms with Crippen molar-refractivity contribution in [1.82, 2.24) is 15.0 Å². The van der Waals surface area contributed by atoms with Crippen LogP contribution in [0.3, 0.4) is 0 Å². The molecular weight excluding hydrogens is 474 g/mol. The molecule has 1 saturated carbocycles. The van der Waals surface area contributed by atoms with Crippen LogP contribution in [0.2, 0.25) is 0 Å². The standard InChI is InChI=1S/C27H39N5O5/c1-16-12-32(13-20-7-8-20)17(2)15-36-23-11-21(28-27(34)29-25-18(3)30-37-19(25)4)9-10-22(23)26(33)31(5)14-24(16)35-6/h9-11,16-17,20,24H,7-8,12-15H2,1-6H3,(H2,28,29,34)/t16-,17+,24+/m1/s1. The van der Waals surface area contributed by atoms with Gasteiger partial charge in [-0.2, -0.15) is 0 Å². The first-order chi connectivity index (χ1) is 17.7. The first-order valence-corrected chi connectivity index (χ1v) is 13.0. The number of nitrogens with zero attached hydrogens (tertiary/aromatic N) is 3. The number of aromatic nitrogens is 1. The number of carbonyl (C=O) groups is 2. The van der Waals surface area contributed by atoms with Gasteiger partial charge in [0.25, 0.3) is 5.91 Å². The predicted molar refractivity (Wildman–Crippen MR) is 141 cm³/mol. The molecule has 0 radical (unpaired) electrons. The Morgan fingerprint density at radius 3 is 2.59 bits per heavy atom. The lowest BCUT2D eigenvalue weighted by Gasteiger charge is -2.36. The number of hydrogen-bond donors (Lipinski definition) is 2. The molecule has 1 aromatic heterocycles. The molecule has 2 aromatic rings. The van der Waals surface area contributed by atoms with E-state index < -0.39 is 6.03 Å². The van der Waals surface area contributed by atoms with E-state index in [2.05, 4.69) is 34.5 Å². The van der Waals surface area contributed by atoms with Gasteiger partial charge in [0.15, 0.2) is 5.76 Å². The van der Waals surface area contributed by atoms with E-state index in [1.54, 1.807) is 51.1 Å². The highest BCUT2D eigenvalue weighted by atomic mass is 16.5. The van der Waals surface area contributed by atoms with E-state index in [9.17, 15) is 9.59 Å². The lowest BCUT2D eigenvalue weighted by molar-refractivity contribution is 0.00994. The fourth-order valence-corrected chi connectivity index (χ4v) is 4.75. The number of aryl methyl sites for hydroxylation is 2. The average molecular weight is 514 g/mol. The molecule has 0 bridgehead atoms. The van der Waals surface area contributed by atoms with Crippen LogP contribution >= 0.6 is 0 Å². The quantitative estimate of drug-likeness (QED) is 0.618. The summed E-state index contributed by atoms with van der Waals surface area (Å²) in [6.07, 6.45) is 2.47. The molecule has 0 spiro atoms. The second kappa shape index (κ2) is 11.5. The number of ether oxygens (including phenoxy) is 2. The molecule has 1 aliphatic heterocycles. The Kier molecular flexibility index (Phi) is 8.39. The van der Waals surface area contributed by atoms with Crippen LogP contribution in [-0.4, -0.2) is 79.4 Å². The minimum absolute atomic E-state index is 0.0828. The smallest absolute Gasteiger partial charge is 0.323 e. The first kappa shape index (κ1) is 26.9. The second-order valence-electron chi connectivity index (χ2n) is 10.5.